The van der Waals surface area contributed by atoms with Gasteiger partial charge in [0.1, 0.15) is 11.2 Å². The van der Waals surface area contributed by atoms with E-state index >= 15 is 0 Å². The SMILES string of the molecule is c1ccc(-c2ccc(N(c3ccc4c(c3)oc3ccccc34)c3cc4ccccc4c4c3ccc3ccc5ccccc5c34)cc2)cc1. The molecule has 1 aromatic heterocycles. The van der Waals surface area contributed by atoms with E-state index < -0.39 is 0 Å². The fraction of sp³-hybridized carbons (Fsp3) is 0. The van der Waals surface area contributed by atoms with Gasteiger partial charge in [-0.2, -0.15) is 0 Å². The number of rotatable bonds is 4. The van der Waals surface area contributed by atoms with Gasteiger partial charge in [0.05, 0.1) is 5.69 Å². The van der Waals surface area contributed by atoms with Gasteiger partial charge in [0.25, 0.3) is 0 Å². The Labute approximate surface area is 277 Å². The highest BCUT2D eigenvalue weighted by Crippen LogP contribution is 2.46. The summed E-state index contributed by atoms with van der Waals surface area (Å²) in [7, 11) is 0. The summed E-state index contributed by atoms with van der Waals surface area (Å²) in [5, 5.41) is 12.2. The Morgan fingerprint density at radius 2 is 0.917 bits per heavy atom. The highest BCUT2D eigenvalue weighted by molar-refractivity contribution is 6.30. The Morgan fingerprint density at radius 1 is 0.333 bits per heavy atom. The second kappa shape index (κ2) is 10.6. The molecule has 0 aliphatic heterocycles. The van der Waals surface area contributed by atoms with Crippen LogP contribution >= 0.6 is 0 Å². The van der Waals surface area contributed by atoms with Crippen LogP contribution in [0.3, 0.4) is 0 Å². The molecule has 0 aliphatic carbocycles. The quantitative estimate of drug-likeness (QED) is 0.184. The van der Waals surface area contributed by atoms with E-state index in [9.17, 15) is 0 Å². The molecule has 0 unspecified atom stereocenters. The minimum atomic E-state index is 0.876. The Balaban J connectivity index is 1.29. The third-order valence-corrected chi connectivity index (χ3v) is 9.80. The number of fused-ring (bicyclic) bond motifs is 10. The van der Waals surface area contributed by atoms with Gasteiger partial charge in [0.15, 0.2) is 0 Å². The maximum absolute atomic E-state index is 6.43. The van der Waals surface area contributed by atoms with Crippen LogP contribution in [0.25, 0.3) is 76.2 Å². The van der Waals surface area contributed by atoms with Crippen LogP contribution in [0.4, 0.5) is 17.1 Å². The van der Waals surface area contributed by atoms with Crippen LogP contribution in [0, 0.1) is 0 Å². The molecule has 2 heteroatoms. The number of para-hydroxylation sites is 1. The first-order valence-electron chi connectivity index (χ1n) is 16.4. The third kappa shape index (κ3) is 4.13. The average Bonchev–Trinajstić information content (AvgIpc) is 3.53. The van der Waals surface area contributed by atoms with Crippen molar-refractivity contribution in [3.05, 3.63) is 176 Å². The van der Waals surface area contributed by atoms with Gasteiger partial charge in [-0.3, -0.25) is 0 Å². The van der Waals surface area contributed by atoms with Crippen LogP contribution < -0.4 is 4.90 Å². The van der Waals surface area contributed by atoms with Gasteiger partial charge >= 0.3 is 0 Å². The third-order valence-electron chi connectivity index (χ3n) is 9.80. The summed E-state index contributed by atoms with van der Waals surface area (Å²) in [4.78, 5) is 2.40. The van der Waals surface area contributed by atoms with Crippen LogP contribution in [0.2, 0.25) is 0 Å². The first kappa shape index (κ1) is 26.8. The van der Waals surface area contributed by atoms with E-state index in [0.717, 1.165) is 39.0 Å². The standard InChI is InChI=1S/C46H29NO/c1-2-10-30(11-3-1)31-20-23-35(24-21-31)47(36-25-27-40-39-16-8-9-17-43(39)48-44(40)29-36)42-28-34-13-5-7-15-38(34)46-41(42)26-22-33-19-18-32-12-4-6-14-37(32)45(33)46/h1-29H. The number of furan rings is 1. The van der Waals surface area contributed by atoms with Crippen molar-refractivity contribution in [2.75, 3.05) is 4.90 Å². The van der Waals surface area contributed by atoms with E-state index in [0.29, 0.717) is 0 Å². The predicted octanol–water partition coefficient (Wildman–Crippen LogP) is 13.3. The minimum absolute atomic E-state index is 0.876. The van der Waals surface area contributed by atoms with E-state index in [4.69, 9.17) is 4.42 Å². The van der Waals surface area contributed by atoms with Crippen LogP contribution in [0.15, 0.2) is 180 Å². The van der Waals surface area contributed by atoms with E-state index in [1.807, 2.05) is 12.1 Å². The van der Waals surface area contributed by atoms with Gasteiger partial charge in [0, 0.05) is 39.0 Å². The lowest BCUT2D eigenvalue weighted by molar-refractivity contribution is 0.669. The molecule has 1 heterocycles. The monoisotopic (exact) mass is 611 g/mol. The summed E-state index contributed by atoms with van der Waals surface area (Å²) in [6.45, 7) is 0. The van der Waals surface area contributed by atoms with E-state index in [-0.39, 0.29) is 0 Å². The lowest BCUT2D eigenvalue weighted by Gasteiger charge is -2.28. The maximum Gasteiger partial charge on any atom is 0.137 e. The van der Waals surface area contributed by atoms with Crippen LogP contribution in [-0.2, 0) is 0 Å². The highest BCUT2D eigenvalue weighted by atomic mass is 16.3. The summed E-state index contributed by atoms with van der Waals surface area (Å²) >= 11 is 0. The van der Waals surface area contributed by atoms with Crippen molar-refractivity contribution in [1.82, 2.24) is 0 Å². The van der Waals surface area contributed by atoms with E-state index in [1.165, 1.54) is 54.2 Å². The molecule has 0 atom stereocenters. The smallest absolute Gasteiger partial charge is 0.137 e. The van der Waals surface area contributed by atoms with Gasteiger partial charge in [-0.25, -0.2) is 0 Å². The predicted molar refractivity (Wildman–Crippen MR) is 204 cm³/mol. The lowest BCUT2D eigenvalue weighted by Crippen LogP contribution is -2.10. The Hall–Kier alpha value is -6.38. The van der Waals surface area contributed by atoms with Crippen molar-refractivity contribution >= 4 is 82.1 Å². The molecule has 0 fully saturated rings. The molecule has 224 valence electrons. The highest BCUT2D eigenvalue weighted by Gasteiger charge is 2.21. The molecule has 0 aliphatic rings. The van der Waals surface area contributed by atoms with Gasteiger partial charge in [-0.1, -0.05) is 133 Å². The number of anilines is 3. The van der Waals surface area contributed by atoms with Crippen molar-refractivity contribution in [1.29, 1.82) is 0 Å². The molecule has 0 bridgehead atoms. The fourth-order valence-corrected chi connectivity index (χ4v) is 7.57. The Kier molecular flexibility index (Phi) is 5.91. The molecule has 9 aromatic carbocycles. The topological polar surface area (TPSA) is 16.4 Å². The zero-order valence-corrected chi connectivity index (χ0v) is 26.1. The summed E-state index contributed by atoms with van der Waals surface area (Å²) in [6, 6.07) is 63.4. The molecular formula is C46H29NO. The average molecular weight is 612 g/mol. The van der Waals surface area contributed by atoms with Crippen LogP contribution in [0.5, 0.6) is 0 Å². The normalized spacial score (nSPS) is 11.8. The molecule has 0 saturated heterocycles. The Bertz CT molecular complexity index is 2830. The summed E-state index contributed by atoms with van der Waals surface area (Å²) in [5.74, 6) is 0. The van der Waals surface area contributed by atoms with Gasteiger partial charge < -0.3 is 9.32 Å². The Morgan fingerprint density at radius 3 is 1.75 bits per heavy atom. The fourth-order valence-electron chi connectivity index (χ4n) is 7.57. The molecular weight excluding hydrogens is 583 g/mol. The van der Waals surface area contributed by atoms with Gasteiger partial charge in [0.2, 0.25) is 0 Å². The van der Waals surface area contributed by atoms with Crippen molar-refractivity contribution in [2.24, 2.45) is 0 Å². The molecule has 0 radical (unpaired) electrons. The molecule has 2 nitrogen and oxygen atoms in total. The molecule has 0 saturated carbocycles. The number of hydrogen-bond donors (Lipinski definition) is 0. The molecule has 0 amide bonds. The molecule has 0 N–H and O–H groups in total. The van der Waals surface area contributed by atoms with Crippen molar-refractivity contribution in [3.8, 4) is 11.1 Å². The second-order valence-electron chi connectivity index (χ2n) is 12.5. The number of nitrogens with zero attached hydrogens (tertiary/aromatic N) is 1. The number of hydrogen-bond acceptors (Lipinski definition) is 2. The number of benzene rings is 9. The van der Waals surface area contributed by atoms with Crippen LogP contribution in [0.1, 0.15) is 0 Å². The van der Waals surface area contributed by atoms with Crippen molar-refractivity contribution < 1.29 is 4.42 Å². The van der Waals surface area contributed by atoms with Gasteiger partial charge in [-0.15, -0.1) is 0 Å². The molecule has 10 rings (SSSR count). The minimum Gasteiger partial charge on any atom is -0.456 e. The first-order chi connectivity index (χ1) is 23.8. The van der Waals surface area contributed by atoms with Crippen LogP contribution in [-0.4, -0.2) is 0 Å². The second-order valence-corrected chi connectivity index (χ2v) is 12.5. The van der Waals surface area contributed by atoms with E-state index in [1.54, 1.807) is 0 Å². The molecule has 48 heavy (non-hydrogen) atoms. The summed E-state index contributed by atoms with van der Waals surface area (Å²) < 4.78 is 6.43. The van der Waals surface area contributed by atoms with E-state index in [2.05, 4.69) is 169 Å². The molecule has 10 aromatic rings. The first-order valence-corrected chi connectivity index (χ1v) is 16.4. The summed E-state index contributed by atoms with van der Waals surface area (Å²) in [5.41, 5.74) is 7.42. The van der Waals surface area contributed by atoms with Gasteiger partial charge in [-0.05, 0) is 79.8 Å². The lowest BCUT2D eigenvalue weighted by atomic mass is 9.91. The maximum atomic E-state index is 6.43. The largest absolute Gasteiger partial charge is 0.456 e. The zero-order valence-electron chi connectivity index (χ0n) is 26.1. The summed E-state index contributed by atoms with van der Waals surface area (Å²) in [6.07, 6.45) is 0. The zero-order chi connectivity index (χ0) is 31.6. The van der Waals surface area contributed by atoms with Crippen molar-refractivity contribution in [3.63, 3.8) is 0 Å². The van der Waals surface area contributed by atoms with Crippen molar-refractivity contribution in [2.45, 2.75) is 0 Å². The molecule has 0 spiro atoms.